The fourth-order valence-corrected chi connectivity index (χ4v) is 3.96. The minimum Gasteiger partial charge on any atom is -0.383 e. The Kier molecular flexibility index (Phi) is 6.10. The van der Waals surface area contributed by atoms with E-state index in [1.165, 1.54) is 17.8 Å². The van der Waals surface area contributed by atoms with E-state index in [9.17, 15) is 18.0 Å². The van der Waals surface area contributed by atoms with Crippen LogP contribution in [0.4, 0.5) is 13.2 Å². The van der Waals surface area contributed by atoms with E-state index >= 15 is 0 Å². The normalized spacial score (nSPS) is 13.0. The summed E-state index contributed by atoms with van der Waals surface area (Å²) in [6, 6.07) is 11.9. The van der Waals surface area contributed by atoms with E-state index in [1.807, 2.05) is 6.92 Å². The molecule has 0 radical (unpaired) electrons. The smallest absolute Gasteiger partial charge is 0.383 e. The maximum Gasteiger partial charge on any atom is 0.416 e. The monoisotopic (exact) mass is 408 g/mol. The van der Waals surface area contributed by atoms with Crippen molar-refractivity contribution in [2.45, 2.75) is 30.1 Å². The van der Waals surface area contributed by atoms with Crippen LogP contribution in [-0.2, 0) is 16.7 Å². The SMILES string of the molecule is COC[C@@H](C)n1c(SCc2cccc(C(F)(F)F)c2)nc2ccccc2c1=O. The zero-order valence-corrected chi connectivity index (χ0v) is 16.2. The molecule has 3 aromatic rings. The second-order valence-corrected chi connectivity index (χ2v) is 7.32. The molecule has 1 aromatic heterocycles. The molecule has 0 saturated heterocycles. The molecule has 1 atom stereocenters. The first kappa shape index (κ1) is 20.4. The van der Waals surface area contributed by atoms with Crippen molar-refractivity contribution in [1.82, 2.24) is 9.55 Å². The minimum atomic E-state index is -4.39. The second-order valence-electron chi connectivity index (χ2n) is 6.38. The summed E-state index contributed by atoms with van der Waals surface area (Å²) in [6.07, 6.45) is -4.39. The van der Waals surface area contributed by atoms with Crippen molar-refractivity contribution < 1.29 is 17.9 Å². The number of fused-ring (bicyclic) bond motifs is 1. The van der Waals surface area contributed by atoms with Gasteiger partial charge in [0.25, 0.3) is 5.56 Å². The maximum absolute atomic E-state index is 13.0. The fourth-order valence-electron chi connectivity index (χ4n) is 2.92. The van der Waals surface area contributed by atoms with Crippen LogP contribution in [0.1, 0.15) is 24.1 Å². The van der Waals surface area contributed by atoms with Crippen LogP contribution in [0.2, 0.25) is 0 Å². The molecule has 0 bridgehead atoms. The van der Waals surface area contributed by atoms with Gasteiger partial charge < -0.3 is 4.74 Å². The average molecular weight is 408 g/mol. The van der Waals surface area contributed by atoms with Crippen LogP contribution in [0.25, 0.3) is 10.9 Å². The molecular formula is C20H19F3N2O2S. The topological polar surface area (TPSA) is 44.1 Å². The number of methoxy groups -OCH3 is 1. The number of aromatic nitrogens is 2. The number of hydrogen-bond acceptors (Lipinski definition) is 4. The number of halogens is 3. The second kappa shape index (κ2) is 8.36. The molecule has 0 aliphatic carbocycles. The first-order valence-corrected chi connectivity index (χ1v) is 9.59. The molecule has 0 unspecified atom stereocenters. The molecule has 8 heteroatoms. The molecule has 2 aromatic carbocycles. The standard InChI is InChI=1S/C20H19F3N2O2S/c1-13(11-27-2)25-18(26)16-8-3-4-9-17(16)24-19(25)28-12-14-6-5-7-15(10-14)20(21,22)23/h3-10,13H,11-12H2,1-2H3/t13-/m1/s1. The van der Waals surface area contributed by atoms with Gasteiger partial charge in [0.2, 0.25) is 0 Å². The summed E-state index contributed by atoms with van der Waals surface area (Å²) in [4.78, 5) is 17.5. The van der Waals surface area contributed by atoms with Gasteiger partial charge in [-0.1, -0.05) is 42.1 Å². The summed E-state index contributed by atoms with van der Waals surface area (Å²) >= 11 is 1.23. The molecule has 0 fully saturated rings. The van der Waals surface area contributed by atoms with Gasteiger partial charge in [-0.3, -0.25) is 9.36 Å². The summed E-state index contributed by atoms with van der Waals surface area (Å²) in [5, 5.41) is 0.944. The molecule has 1 heterocycles. The Labute approximate surface area is 164 Å². The van der Waals surface area contributed by atoms with Gasteiger partial charge in [0, 0.05) is 12.9 Å². The van der Waals surface area contributed by atoms with E-state index in [4.69, 9.17) is 4.74 Å². The van der Waals surface area contributed by atoms with Gasteiger partial charge in [0.15, 0.2) is 5.16 Å². The van der Waals surface area contributed by atoms with Gasteiger partial charge in [-0.2, -0.15) is 13.2 Å². The Morgan fingerprint density at radius 3 is 2.64 bits per heavy atom. The number of thioether (sulfide) groups is 1. The molecule has 0 amide bonds. The average Bonchev–Trinajstić information content (AvgIpc) is 2.66. The van der Waals surface area contributed by atoms with Crippen molar-refractivity contribution in [3.8, 4) is 0 Å². The molecule has 28 heavy (non-hydrogen) atoms. The first-order chi connectivity index (χ1) is 13.3. The van der Waals surface area contributed by atoms with Crippen LogP contribution in [0.3, 0.4) is 0 Å². The van der Waals surface area contributed by atoms with Crippen molar-refractivity contribution in [3.63, 3.8) is 0 Å². The van der Waals surface area contributed by atoms with Crippen LogP contribution in [0.5, 0.6) is 0 Å². The van der Waals surface area contributed by atoms with E-state index in [0.29, 0.717) is 28.2 Å². The van der Waals surface area contributed by atoms with Crippen LogP contribution in [-0.4, -0.2) is 23.3 Å². The lowest BCUT2D eigenvalue weighted by atomic mass is 10.1. The number of ether oxygens (including phenoxy) is 1. The van der Waals surface area contributed by atoms with Crippen LogP contribution >= 0.6 is 11.8 Å². The van der Waals surface area contributed by atoms with E-state index in [0.717, 1.165) is 12.1 Å². The number of nitrogens with zero attached hydrogens (tertiary/aromatic N) is 2. The van der Waals surface area contributed by atoms with Crippen molar-refractivity contribution >= 4 is 22.7 Å². The highest BCUT2D eigenvalue weighted by Crippen LogP contribution is 2.31. The summed E-state index contributed by atoms with van der Waals surface area (Å²) in [5.74, 6) is 0.258. The van der Waals surface area contributed by atoms with Crippen molar-refractivity contribution in [3.05, 3.63) is 70.0 Å². The molecule has 4 nitrogen and oxygen atoms in total. The Bertz CT molecular complexity index is 1030. The highest BCUT2D eigenvalue weighted by Gasteiger charge is 2.30. The molecule has 0 saturated carbocycles. The molecule has 0 N–H and O–H groups in total. The third-order valence-electron chi connectivity index (χ3n) is 4.25. The number of hydrogen-bond donors (Lipinski definition) is 0. The van der Waals surface area contributed by atoms with Gasteiger partial charge >= 0.3 is 6.18 Å². The third kappa shape index (κ3) is 4.39. The highest BCUT2D eigenvalue weighted by molar-refractivity contribution is 7.98. The Hall–Kier alpha value is -2.32. The number of benzene rings is 2. The lowest BCUT2D eigenvalue weighted by Crippen LogP contribution is -2.28. The molecule has 0 aliphatic rings. The van der Waals surface area contributed by atoms with E-state index < -0.39 is 11.7 Å². The van der Waals surface area contributed by atoms with E-state index in [1.54, 1.807) is 42.0 Å². The maximum atomic E-state index is 13.0. The van der Waals surface area contributed by atoms with Gasteiger partial charge in [-0.05, 0) is 30.7 Å². The van der Waals surface area contributed by atoms with E-state index in [2.05, 4.69) is 4.98 Å². The zero-order valence-electron chi connectivity index (χ0n) is 15.4. The summed E-state index contributed by atoms with van der Waals surface area (Å²) < 4.78 is 45.5. The number of para-hydroxylation sites is 1. The predicted octanol–water partition coefficient (Wildman–Crippen LogP) is 4.92. The molecule has 3 rings (SSSR count). The highest BCUT2D eigenvalue weighted by atomic mass is 32.2. The molecule has 148 valence electrons. The molecular weight excluding hydrogens is 389 g/mol. The van der Waals surface area contributed by atoms with Crippen LogP contribution in [0.15, 0.2) is 58.5 Å². The summed E-state index contributed by atoms with van der Waals surface area (Å²) in [7, 11) is 1.55. The number of alkyl halides is 3. The third-order valence-corrected chi connectivity index (χ3v) is 5.27. The zero-order chi connectivity index (χ0) is 20.3. The quantitative estimate of drug-likeness (QED) is 0.429. The lowest BCUT2D eigenvalue weighted by Gasteiger charge is -2.19. The Morgan fingerprint density at radius 1 is 1.18 bits per heavy atom. The van der Waals surface area contributed by atoms with Crippen LogP contribution in [0, 0.1) is 0 Å². The lowest BCUT2D eigenvalue weighted by molar-refractivity contribution is -0.137. The summed E-state index contributed by atoms with van der Waals surface area (Å²) in [6.45, 7) is 2.16. The van der Waals surface area contributed by atoms with Crippen molar-refractivity contribution in [2.24, 2.45) is 0 Å². The molecule has 0 spiro atoms. The first-order valence-electron chi connectivity index (χ1n) is 8.60. The molecule has 0 aliphatic heterocycles. The number of rotatable bonds is 6. The summed E-state index contributed by atoms with van der Waals surface area (Å²) in [5.41, 5.74) is 0.178. The van der Waals surface area contributed by atoms with Gasteiger partial charge in [0.1, 0.15) is 0 Å². The predicted molar refractivity (Wildman–Crippen MR) is 104 cm³/mol. The van der Waals surface area contributed by atoms with Gasteiger partial charge in [-0.15, -0.1) is 0 Å². The fraction of sp³-hybridized carbons (Fsp3) is 0.300. The van der Waals surface area contributed by atoms with E-state index in [-0.39, 0.29) is 17.4 Å². The Balaban J connectivity index is 1.98. The Morgan fingerprint density at radius 2 is 1.93 bits per heavy atom. The largest absolute Gasteiger partial charge is 0.416 e. The van der Waals surface area contributed by atoms with Gasteiger partial charge in [-0.25, -0.2) is 4.98 Å². The van der Waals surface area contributed by atoms with Crippen molar-refractivity contribution in [2.75, 3.05) is 13.7 Å². The minimum absolute atomic E-state index is 0.193. The van der Waals surface area contributed by atoms with Gasteiger partial charge in [0.05, 0.1) is 29.1 Å². The van der Waals surface area contributed by atoms with Crippen LogP contribution < -0.4 is 5.56 Å². The van der Waals surface area contributed by atoms with Crippen molar-refractivity contribution in [1.29, 1.82) is 0 Å².